The lowest BCUT2D eigenvalue weighted by Crippen LogP contribution is -2.35. The van der Waals surface area contributed by atoms with Crippen LogP contribution < -0.4 is 5.32 Å². The summed E-state index contributed by atoms with van der Waals surface area (Å²) in [6.45, 7) is 6.43. The molecule has 0 spiro atoms. The van der Waals surface area contributed by atoms with Crippen molar-refractivity contribution in [2.75, 3.05) is 0 Å². The number of rotatable bonds is 5. The molecule has 0 saturated carbocycles. The molecule has 0 aliphatic rings. The fraction of sp³-hybridized carbons (Fsp3) is 0.294. The molecule has 2 aromatic heterocycles. The number of imidazole rings is 1. The summed E-state index contributed by atoms with van der Waals surface area (Å²) < 4.78 is 1.69. The average molecular weight is 324 g/mol. The SMILES string of the molecule is Cc1nc(-c2ccc(C(=O)N[C@H](C)Cn3cncn3)cc2)c(C)[nH]1. The maximum absolute atomic E-state index is 12.3. The summed E-state index contributed by atoms with van der Waals surface area (Å²) in [6, 6.07) is 7.42. The lowest BCUT2D eigenvalue weighted by Gasteiger charge is -2.13. The van der Waals surface area contributed by atoms with Crippen LogP contribution in [0, 0.1) is 13.8 Å². The maximum Gasteiger partial charge on any atom is 0.251 e. The first-order valence-corrected chi connectivity index (χ1v) is 7.80. The van der Waals surface area contributed by atoms with Crippen molar-refractivity contribution < 1.29 is 4.79 Å². The van der Waals surface area contributed by atoms with Gasteiger partial charge < -0.3 is 10.3 Å². The molecule has 0 fully saturated rings. The Bertz CT molecular complexity index is 819. The number of nitrogens with one attached hydrogen (secondary N) is 2. The van der Waals surface area contributed by atoms with Gasteiger partial charge in [-0.05, 0) is 32.9 Å². The minimum absolute atomic E-state index is 0.0462. The van der Waals surface area contributed by atoms with Gasteiger partial charge in [0.1, 0.15) is 18.5 Å². The van der Waals surface area contributed by atoms with Crippen LogP contribution in [0.5, 0.6) is 0 Å². The van der Waals surface area contributed by atoms with Gasteiger partial charge in [-0.1, -0.05) is 12.1 Å². The zero-order chi connectivity index (χ0) is 17.1. The lowest BCUT2D eigenvalue weighted by molar-refractivity contribution is 0.0936. The Kier molecular flexibility index (Phi) is 4.41. The van der Waals surface area contributed by atoms with Gasteiger partial charge in [-0.15, -0.1) is 0 Å². The Hall–Kier alpha value is -2.96. The van der Waals surface area contributed by atoms with Crippen molar-refractivity contribution in [1.29, 1.82) is 0 Å². The first-order valence-electron chi connectivity index (χ1n) is 7.80. The third-order valence-electron chi connectivity index (χ3n) is 3.73. The molecule has 1 atom stereocenters. The Labute approximate surface area is 140 Å². The number of aryl methyl sites for hydroxylation is 2. The van der Waals surface area contributed by atoms with Gasteiger partial charge in [0, 0.05) is 22.9 Å². The molecular weight excluding hydrogens is 304 g/mol. The number of carbonyl (C=O) groups excluding carboxylic acids is 1. The number of benzene rings is 1. The number of carbonyl (C=O) groups is 1. The molecule has 2 N–H and O–H groups in total. The van der Waals surface area contributed by atoms with Crippen LogP contribution in [0.3, 0.4) is 0 Å². The van der Waals surface area contributed by atoms with E-state index < -0.39 is 0 Å². The number of aromatic nitrogens is 5. The van der Waals surface area contributed by atoms with Gasteiger partial charge in [-0.3, -0.25) is 9.48 Å². The lowest BCUT2D eigenvalue weighted by atomic mass is 10.1. The van der Waals surface area contributed by atoms with Crippen LogP contribution in [0.4, 0.5) is 0 Å². The van der Waals surface area contributed by atoms with Crippen molar-refractivity contribution in [2.24, 2.45) is 0 Å². The molecule has 24 heavy (non-hydrogen) atoms. The monoisotopic (exact) mass is 324 g/mol. The summed E-state index contributed by atoms with van der Waals surface area (Å²) in [4.78, 5) is 23.9. The zero-order valence-corrected chi connectivity index (χ0v) is 13.9. The molecular formula is C17H20N6O. The molecule has 3 rings (SSSR count). The minimum atomic E-state index is -0.107. The van der Waals surface area contributed by atoms with Gasteiger partial charge in [-0.25, -0.2) is 9.97 Å². The van der Waals surface area contributed by atoms with E-state index in [0.717, 1.165) is 22.8 Å². The first-order chi connectivity index (χ1) is 11.5. The second-order valence-electron chi connectivity index (χ2n) is 5.87. The van der Waals surface area contributed by atoms with E-state index in [0.29, 0.717) is 12.1 Å². The maximum atomic E-state index is 12.3. The predicted octanol–water partition coefficient (Wildman–Crippen LogP) is 2.10. The highest BCUT2D eigenvalue weighted by Gasteiger charge is 2.12. The van der Waals surface area contributed by atoms with Gasteiger partial charge in [0.25, 0.3) is 5.91 Å². The summed E-state index contributed by atoms with van der Waals surface area (Å²) in [5, 5.41) is 7.00. The van der Waals surface area contributed by atoms with Crippen molar-refractivity contribution in [3.05, 3.63) is 54.0 Å². The summed E-state index contributed by atoms with van der Waals surface area (Å²) in [7, 11) is 0. The number of hydrogen-bond acceptors (Lipinski definition) is 4. The Morgan fingerprint density at radius 1 is 1.29 bits per heavy atom. The Morgan fingerprint density at radius 3 is 2.62 bits per heavy atom. The first kappa shape index (κ1) is 15.9. The second kappa shape index (κ2) is 6.66. The molecule has 0 radical (unpaired) electrons. The number of H-pyrrole nitrogens is 1. The quantitative estimate of drug-likeness (QED) is 0.752. The molecule has 0 unspecified atom stereocenters. The predicted molar refractivity (Wildman–Crippen MR) is 90.4 cm³/mol. The second-order valence-corrected chi connectivity index (χ2v) is 5.87. The van der Waals surface area contributed by atoms with Crippen molar-refractivity contribution >= 4 is 5.91 Å². The van der Waals surface area contributed by atoms with E-state index >= 15 is 0 Å². The number of nitrogens with zero attached hydrogens (tertiary/aromatic N) is 4. The van der Waals surface area contributed by atoms with Crippen LogP contribution >= 0.6 is 0 Å². The highest BCUT2D eigenvalue weighted by molar-refractivity contribution is 5.94. The van der Waals surface area contributed by atoms with Crippen LogP contribution in [0.1, 0.15) is 28.8 Å². The average Bonchev–Trinajstić information content (AvgIpc) is 3.16. The highest BCUT2D eigenvalue weighted by Crippen LogP contribution is 2.21. The van der Waals surface area contributed by atoms with Crippen LogP contribution in [-0.2, 0) is 6.54 Å². The summed E-state index contributed by atoms with van der Waals surface area (Å²) in [6.07, 6.45) is 3.11. The van der Waals surface area contributed by atoms with E-state index in [-0.39, 0.29) is 11.9 Å². The fourth-order valence-electron chi connectivity index (χ4n) is 2.63. The normalized spacial score (nSPS) is 12.1. The number of aromatic amines is 1. The topological polar surface area (TPSA) is 88.5 Å². The smallest absolute Gasteiger partial charge is 0.251 e. The summed E-state index contributed by atoms with van der Waals surface area (Å²) in [5.41, 5.74) is 3.54. The van der Waals surface area contributed by atoms with Crippen molar-refractivity contribution in [2.45, 2.75) is 33.4 Å². The molecule has 7 nitrogen and oxygen atoms in total. The zero-order valence-electron chi connectivity index (χ0n) is 13.9. The van der Waals surface area contributed by atoms with Crippen LogP contribution in [0.2, 0.25) is 0 Å². The van der Waals surface area contributed by atoms with Crippen molar-refractivity contribution in [3.8, 4) is 11.3 Å². The van der Waals surface area contributed by atoms with Crippen molar-refractivity contribution in [1.82, 2.24) is 30.0 Å². The van der Waals surface area contributed by atoms with Gasteiger partial charge in [-0.2, -0.15) is 5.10 Å². The molecule has 0 aliphatic heterocycles. The molecule has 1 amide bonds. The highest BCUT2D eigenvalue weighted by atomic mass is 16.1. The minimum Gasteiger partial charge on any atom is -0.348 e. The Balaban J connectivity index is 1.66. The van der Waals surface area contributed by atoms with Gasteiger partial charge in [0.05, 0.1) is 12.2 Å². The van der Waals surface area contributed by atoms with E-state index in [1.807, 2.05) is 45.0 Å². The number of hydrogen-bond donors (Lipinski definition) is 2. The van der Waals surface area contributed by atoms with Crippen molar-refractivity contribution in [3.63, 3.8) is 0 Å². The molecule has 0 bridgehead atoms. The molecule has 1 aromatic carbocycles. The summed E-state index contributed by atoms with van der Waals surface area (Å²) >= 11 is 0. The largest absolute Gasteiger partial charge is 0.348 e. The van der Waals surface area contributed by atoms with Gasteiger partial charge in [0.2, 0.25) is 0 Å². The van der Waals surface area contributed by atoms with Crippen LogP contribution in [0.25, 0.3) is 11.3 Å². The third kappa shape index (κ3) is 3.51. The molecule has 2 heterocycles. The van der Waals surface area contributed by atoms with Crippen LogP contribution in [-0.4, -0.2) is 36.7 Å². The van der Waals surface area contributed by atoms with E-state index in [1.165, 1.54) is 6.33 Å². The molecule has 3 aromatic rings. The Morgan fingerprint density at radius 2 is 2.04 bits per heavy atom. The molecule has 0 aliphatic carbocycles. The van der Waals surface area contributed by atoms with Gasteiger partial charge in [0.15, 0.2) is 0 Å². The number of amides is 1. The molecule has 124 valence electrons. The van der Waals surface area contributed by atoms with E-state index in [1.54, 1.807) is 11.0 Å². The fourth-order valence-corrected chi connectivity index (χ4v) is 2.63. The van der Waals surface area contributed by atoms with E-state index in [2.05, 4.69) is 25.4 Å². The standard InChI is InChI=1S/C17H20N6O/c1-11(8-23-10-18-9-19-23)20-17(24)15-6-4-14(5-7-15)16-12(2)21-13(3)22-16/h4-7,9-11H,8H2,1-3H3,(H,20,24)(H,21,22)/t11-/m1/s1. The van der Waals surface area contributed by atoms with E-state index in [4.69, 9.17) is 0 Å². The third-order valence-corrected chi connectivity index (χ3v) is 3.73. The molecule has 0 saturated heterocycles. The van der Waals surface area contributed by atoms with Crippen LogP contribution in [0.15, 0.2) is 36.9 Å². The summed E-state index contributed by atoms with van der Waals surface area (Å²) in [5.74, 6) is 0.773. The van der Waals surface area contributed by atoms with E-state index in [9.17, 15) is 4.79 Å². The van der Waals surface area contributed by atoms with Gasteiger partial charge >= 0.3 is 0 Å². The molecule has 7 heteroatoms.